The predicted octanol–water partition coefficient (Wildman–Crippen LogP) is 1.02. The number of hydrogen-bond acceptors (Lipinski definition) is 5. The normalized spacial score (nSPS) is 19.3. The van der Waals surface area contributed by atoms with Crippen molar-refractivity contribution in [3.8, 4) is 11.5 Å². The van der Waals surface area contributed by atoms with Crippen LogP contribution in [0.25, 0.3) is 0 Å². The molecule has 0 saturated heterocycles. The number of nitrogen functional groups attached to an aromatic ring is 2. The highest BCUT2D eigenvalue weighted by molar-refractivity contribution is 5.75. The van der Waals surface area contributed by atoms with E-state index < -0.39 is 18.0 Å². The standard InChI is InChI=1S/C12H16N2O4/c1-5-3-7(13)10-11(9(5)14)17-4-8(18-10)6(2)12(15)16/h3,6,8H,4,13-14H2,1-2H3,(H,15,16). The highest BCUT2D eigenvalue weighted by Gasteiger charge is 2.32. The van der Waals surface area contributed by atoms with E-state index in [2.05, 4.69) is 0 Å². The molecule has 98 valence electrons. The van der Waals surface area contributed by atoms with E-state index in [0.29, 0.717) is 22.9 Å². The molecule has 0 fully saturated rings. The number of carbonyl (C=O) groups is 1. The van der Waals surface area contributed by atoms with Gasteiger partial charge in [-0.1, -0.05) is 0 Å². The monoisotopic (exact) mass is 252 g/mol. The summed E-state index contributed by atoms with van der Waals surface area (Å²) in [6.07, 6.45) is -0.570. The molecule has 2 rings (SSSR count). The van der Waals surface area contributed by atoms with Crippen LogP contribution in [0, 0.1) is 12.8 Å². The number of fused-ring (bicyclic) bond motifs is 1. The Labute approximate surface area is 104 Å². The lowest BCUT2D eigenvalue weighted by molar-refractivity contribution is -0.145. The number of ether oxygens (including phenoxy) is 2. The van der Waals surface area contributed by atoms with E-state index in [9.17, 15) is 4.79 Å². The first-order valence-corrected chi connectivity index (χ1v) is 5.62. The molecule has 0 saturated carbocycles. The van der Waals surface area contributed by atoms with Gasteiger partial charge < -0.3 is 26.0 Å². The topological polar surface area (TPSA) is 108 Å². The van der Waals surface area contributed by atoms with Crippen LogP contribution < -0.4 is 20.9 Å². The Kier molecular flexibility index (Phi) is 2.94. The molecule has 18 heavy (non-hydrogen) atoms. The third-order valence-electron chi connectivity index (χ3n) is 3.12. The van der Waals surface area contributed by atoms with Gasteiger partial charge >= 0.3 is 5.97 Å². The SMILES string of the molecule is Cc1cc(N)c2c(c1N)OCC(C(C)C(=O)O)O2. The van der Waals surface area contributed by atoms with E-state index in [4.69, 9.17) is 26.0 Å². The van der Waals surface area contributed by atoms with Crippen LogP contribution in [0.15, 0.2) is 6.07 Å². The van der Waals surface area contributed by atoms with Crippen LogP contribution in [0.2, 0.25) is 0 Å². The second kappa shape index (κ2) is 4.29. The van der Waals surface area contributed by atoms with Crippen molar-refractivity contribution >= 4 is 17.3 Å². The number of benzene rings is 1. The minimum Gasteiger partial charge on any atom is -0.484 e. The van der Waals surface area contributed by atoms with Crippen molar-refractivity contribution in [3.05, 3.63) is 11.6 Å². The van der Waals surface area contributed by atoms with Crippen LogP contribution in [0.1, 0.15) is 12.5 Å². The molecule has 5 N–H and O–H groups in total. The average molecular weight is 252 g/mol. The number of carboxylic acid groups (broad SMARTS) is 1. The summed E-state index contributed by atoms with van der Waals surface area (Å²) in [6, 6.07) is 1.69. The third-order valence-corrected chi connectivity index (χ3v) is 3.12. The van der Waals surface area contributed by atoms with E-state index in [1.165, 1.54) is 0 Å². The lowest BCUT2D eigenvalue weighted by Crippen LogP contribution is -2.39. The van der Waals surface area contributed by atoms with Gasteiger partial charge in [0.15, 0.2) is 11.5 Å². The van der Waals surface area contributed by atoms with Crippen LogP contribution >= 0.6 is 0 Å². The summed E-state index contributed by atoms with van der Waals surface area (Å²) in [5, 5.41) is 8.96. The molecule has 6 nitrogen and oxygen atoms in total. The van der Waals surface area contributed by atoms with Crippen molar-refractivity contribution in [3.63, 3.8) is 0 Å². The van der Waals surface area contributed by atoms with E-state index in [-0.39, 0.29) is 6.61 Å². The molecular weight excluding hydrogens is 236 g/mol. The molecule has 2 unspecified atom stereocenters. The zero-order valence-electron chi connectivity index (χ0n) is 10.3. The molecule has 0 amide bonds. The molecule has 0 aromatic heterocycles. The third kappa shape index (κ3) is 1.90. The van der Waals surface area contributed by atoms with Gasteiger partial charge in [0.05, 0.1) is 17.3 Å². The number of aliphatic carboxylic acids is 1. The lowest BCUT2D eigenvalue weighted by Gasteiger charge is -2.30. The van der Waals surface area contributed by atoms with Gasteiger partial charge in [-0.15, -0.1) is 0 Å². The van der Waals surface area contributed by atoms with Crippen LogP contribution in [-0.4, -0.2) is 23.8 Å². The number of rotatable bonds is 2. The minimum atomic E-state index is -0.939. The minimum absolute atomic E-state index is 0.146. The summed E-state index contributed by atoms with van der Waals surface area (Å²) < 4.78 is 11.1. The molecule has 6 heteroatoms. The van der Waals surface area contributed by atoms with Gasteiger partial charge in [-0.3, -0.25) is 4.79 Å². The lowest BCUT2D eigenvalue weighted by atomic mass is 10.0. The van der Waals surface area contributed by atoms with Crippen LogP contribution in [0.3, 0.4) is 0 Å². The summed E-state index contributed by atoms with van der Waals surface area (Å²) in [6.45, 7) is 3.53. The maximum absolute atomic E-state index is 10.9. The second-order valence-electron chi connectivity index (χ2n) is 4.45. The molecule has 1 aliphatic heterocycles. The highest BCUT2D eigenvalue weighted by Crippen LogP contribution is 2.44. The molecule has 1 aromatic carbocycles. The fourth-order valence-corrected chi connectivity index (χ4v) is 1.83. The van der Waals surface area contributed by atoms with E-state index in [1.54, 1.807) is 13.0 Å². The van der Waals surface area contributed by atoms with E-state index in [0.717, 1.165) is 5.56 Å². The maximum Gasteiger partial charge on any atom is 0.310 e. The van der Waals surface area contributed by atoms with Gasteiger partial charge in [-0.25, -0.2) is 0 Å². The van der Waals surface area contributed by atoms with Crippen LogP contribution in [0.5, 0.6) is 11.5 Å². The molecule has 1 aliphatic rings. The average Bonchev–Trinajstić information content (AvgIpc) is 2.34. The number of carboxylic acids is 1. The Morgan fingerprint density at radius 1 is 1.50 bits per heavy atom. The number of anilines is 2. The second-order valence-corrected chi connectivity index (χ2v) is 4.45. The van der Waals surface area contributed by atoms with Crippen molar-refractivity contribution in [2.75, 3.05) is 18.1 Å². The Hall–Kier alpha value is -2.11. The summed E-state index contributed by atoms with van der Waals surface area (Å²) in [5.41, 5.74) is 13.4. The summed E-state index contributed by atoms with van der Waals surface area (Å²) >= 11 is 0. The smallest absolute Gasteiger partial charge is 0.310 e. The van der Waals surface area contributed by atoms with Gasteiger partial charge in [0.1, 0.15) is 12.7 Å². The summed E-state index contributed by atoms with van der Waals surface area (Å²) in [5.74, 6) is -0.880. The first kappa shape index (κ1) is 12.3. The molecular formula is C12H16N2O4. The quantitative estimate of drug-likeness (QED) is 0.678. The summed E-state index contributed by atoms with van der Waals surface area (Å²) in [7, 11) is 0. The van der Waals surface area contributed by atoms with Gasteiger partial charge in [-0.2, -0.15) is 0 Å². The molecule has 1 aromatic rings. The molecule has 0 spiro atoms. The Morgan fingerprint density at radius 3 is 2.78 bits per heavy atom. The summed E-state index contributed by atoms with van der Waals surface area (Å²) in [4.78, 5) is 10.9. The Bertz CT molecular complexity index is 501. The molecule has 0 radical (unpaired) electrons. The number of aryl methyl sites for hydroxylation is 1. The van der Waals surface area contributed by atoms with Gasteiger partial charge in [0.25, 0.3) is 0 Å². The van der Waals surface area contributed by atoms with Crippen LogP contribution in [0.4, 0.5) is 11.4 Å². The van der Waals surface area contributed by atoms with E-state index >= 15 is 0 Å². The van der Waals surface area contributed by atoms with E-state index in [1.807, 2.05) is 6.92 Å². The van der Waals surface area contributed by atoms with Gasteiger partial charge in [0, 0.05) is 0 Å². The van der Waals surface area contributed by atoms with Gasteiger partial charge in [-0.05, 0) is 25.5 Å². The fraction of sp³-hybridized carbons (Fsp3) is 0.417. The van der Waals surface area contributed by atoms with Crippen LogP contribution in [-0.2, 0) is 4.79 Å². The fourth-order valence-electron chi connectivity index (χ4n) is 1.83. The molecule has 2 atom stereocenters. The molecule has 0 aliphatic carbocycles. The van der Waals surface area contributed by atoms with Crippen molar-refractivity contribution < 1.29 is 19.4 Å². The number of nitrogens with two attached hydrogens (primary N) is 2. The molecule has 0 bridgehead atoms. The first-order valence-electron chi connectivity index (χ1n) is 5.62. The van der Waals surface area contributed by atoms with Crippen molar-refractivity contribution in [1.29, 1.82) is 0 Å². The predicted molar refractivity (Wildman–Crippen MR) is 66.7 cm³/mol. The van der Waals surface area contributed by atoms with Gasteiger partial charge in [0.2, 0.25) is 0 Å². The highest BCUT2D eigenvalue weighted by atomic mass is 16.6. The van der Waals surface area contributed by atoms with Crippen molar-refractivity contribution in [2.45, 2.75) is 20.0 Å². The number of hydrogen-bond donors (Lipinski definition) is 3. The molecule has 1 heterocycles. The maximum atomic E-state index is 10.9. The largest absolute Gasteiger partial charge is 0.484 e. The zero-order chi connectivity index (χ0) is 13.4. The van der Waals surface area contributed by atoms with Crippen molar-refractivity contribution in [2.24, 2.45) is 5.92 Å². The Morgan fingerprint density at radius 2 is 2.17 bits per heavy atom. The Balaban J connectivity index is 2.35. The zero-order valence-corrected chi connectivity index (χ0v) is 10.3. The first-order chi connectivity index (χ1) is 8.41. The van der Waals surface area contributed by atoms with Crippen molar-refractivity contribution in [1.82, 2.24) is 0 Å².